The van der Waals surface area contributed by atoms with Crippen LogP contribution in [-0.2, 0) is 6.54 Å². The van der Waals surface area contributed by atoms with E-state index in [9.17, 15) is 0 Å². The molecule has 1 aliphatic rings. The maximum Gasteiger partial charge on any atom is 0.107 e. The van der Waals surface area contributed by atoms with E-state index >= 15 is 0 Å². The molecule has 0 spiro atoms. The van der Waals surface area contributed by atoms with E-state index < -0.39 is 0 Å². The molecule has 1 aromatic rings. The van der Waals surface area contributed by atoms with Gasteiger partial charge in [0.05, 0.1) is 5.69 Å². The summed E-state index contributed by atoms with van der Waals surface area (Å²) in [4.78, 5) is 4.68. The standard InChI is InChI=1S/C11H18N2S/c1-12-7-11-13-10(8-14-11)9-5-3-2-4-6-9/h8-9,12H,2-7H2,1H3. The van der Waals surface area contributed by atoms with Crippen molar-refractivity contribution in [2.24, 2.45) is 0 Å². The van der Waals surface area contributed by atoms with Crippen molar-refractivity contribution in [2.75, 3.05) is 7.05 Å². The molecule has 3 heteroatoms. The number of hydrogen-bond acceptors (Lipinski definition) is 3. The summed E-state index contributed by atoms with van der Waals surface area (Å²) in [7, 11) is 1.97. The minimum Gasteiger partial charge on any atom is -0.314 e. The van der Waals surface area contributed by atoms with Crippen molar-refractivity contribution < 1.29 is 0 Å². The topological polar surface area (TPSA) is 24.9 Å². The summed E-state index contributed by atoms with van der Waals surface area (Å²) < 4.78 is 0. The molecular formula is C11H18N2S. The van der Waals surface area contributed by atoms with Gasteiger partial charge in [0.15, 0.2) is 0 Å². The SMILES string of the molecule is CNCc1nc(C2CCCCC2)cs1. The maximum absolute atomic E-state index is 4.68. The molecule has 1 heterocycles. The van der Waals surface area contributed by atoms with Gasteiger partial charge in [-0.2, -0.15) is 0 Å². The Morgan fingerprint density at radius 3 is 2.93 bits per heavy atom. The molecule has 1 saturated carbocycles. The predicted molar refractivity (Wildman–Crippen MR) is 60.7 cm³/mol. The second kappa shape index (κ2) is 4.89. The van der Waals surface area contributed by atoms with Gasteiger partial charge in [0, 0.05) is 17.8 Å². The second-order valence-corrected chi connectivity index (χ2v) is 4.97. The van der Waals surface area contributed by atoms with Crippen LogP contribution in [0.5, 0.6) is 0 Å². The third-order valence-corrected chi connectivity index (χ3v) is 3.79. The molecule has 1 N–H and O–H groups in total. The fourth-order valence-corrected chi connectivity index (χ4v) is 3.03. The summed E-state index contributed by atoms with van der Waals surface area (Å²) in [5, 5.41) is 6.63. The zero-order valence-electron chi connectivity index (χ0n) is 8.75. The number of hydrogen-bond donors (Lipinski definition) is 1. The molecule has 0 aromatic carbocycles. The van der Waals surface area contributed by atoms with Gasteiger partial charge >= 0.3 is 0 Å². The number of aromatic nitrogens is 1. The Balaban J connectivity index is 2.00. The molecule has 2 nitrogen and oxygen atoms in total. The quantitative estimate of drug-likeness (QED) is 0.829. The average Bonchev–Trinajstić information content (AvgIpc) is 2.68. The lowest BCUT2D eigenvalue weighted by Gasteiger charge is -2.19. The minimum absolute atomic E-state index is 0.755. The first kappa shape index (κ1) is 10.1. The van der Waals surface area contributed by atoms with Crippen LogP contribution in [0.1, 0.15) is 48.7 Å². The largest absolute Gasteiger partial charge is 0.314 e. The lowest BCUT2D eigenvalue weighted by atomic mass is 9.87. The molecule has 14 heavy (non-hydrogen) atoms. The highest BCUT2D eigenvalue weighted by molar-refractivity contribution is 7.09. The Bertz CT molecular complexity index is 277. The van der Waals surface area contributed by atoms with Crippen molar-refractivity contribution in [3.05, 3.63) is 16.1 Å². The third-order valence-electron chi connectivity index (χ3n) is 2.92. The molecule has 0 unspecified atom stereocenters. The summed E-state index contributed by atoms with van der Waals surface area (Å²) in [5.41, 5.74) is 1.35. The van der Waals surface area contributed by atoms with Gasteiger partial charge in [-0.15, -0.1) is 11.3 Å². The van der Waals surface area contributed by atoms with Crippen molar-refractivity contribution >= 4 is 11.3 Å². The monoisotopic (exact) mass is 210 g/mol. The van der Waals surface area contributed by atoms with Gasteiger partial charge in [0.1, 0.15) is 5.01 Å². The first-order valence-corrected chi connectivity index (χ1v) is 6.37. The molecule has 0 radical (unpaired) electrons. The van der Waals surface area contributed by atoms with Gasteiger partial charge in [-0.3, -0.25) is 0 Å². The first-order chi connectivity index (χ1) is 6.90. The van der Waals surface area contributed by atoms with Crippen molar-refractivity contribution in [1.82, 2.24) is 10.3 Å². The van der Waals surface area contributed by atoms with E-state index in [1.165, 1.54) is 42.8 Å². The molecule has 0 aliphatic heterocycles. The molecule has 1 aromatic heterocycles. The van der Waals surface area contributed by atoms with Gasteiger partial charge in [-0.1, -0.05) is 19.3 Å². The van der Waals surface area contributed by atoms with Crippen LogP contribution in [0.15, 0.2) is 5.38 Å². The van der Waals surface area contributed by atoms with Crippen LogP contribution in [-0.4, -0.2) is 12.0 Å². The number of nitrogens with zero attached hydrogens (tertiary/aromatic N) is 1. The molecule has 0 saturated heterocycles. The zero-order chi connectivity index (χ0) is 9.80. The highest BCUT2D eigenvalue weighted by atomic mass is 32.1. The molecular weight excluding hydrogens is 192 g/mol. The van der Waals surface area contributed by atoms with E-state index in [2.05, 4.69) is 15.7 Å². The van der Waals surface area contributed by atoms with E-state index in [4.69, 9.17) is 0 Å². The molecule has 0 atom stereocenters. The summed E-state index contributed by atoms with van der Waals surface area (Å²) >= 11 is 1.79. The molecule has 0 bridgehead atoms. The molecule has 1 fully saturated rings. The van der Waals surface area contributed by atoms with Gasteiger partial charge in [0.25, 0.3) is 0 Å². The van der Waals surface area contributed by atoms with Crippen molar-refractivity contribution in [1.29, 1.82) is 0 Å². The Morgan fingerprint density at radius 2 is 2.21 bits per heavy atom. The molecule has 78 valence electrons. The number of rotatable bonds is 3. The van der Waals surface area contributed by atoms with Gasteiger partial charge in [0.2, 0.25) is 0 Å². The van der Waals surface area contributed by atoms with Gasteiger partial charge < -0.3 is 5.32 Å². The normalized spacial score (nSPS) is 18.6. The molecule has 0 amide bonds. The highest BCUT2D eigenvalue weighted by Gasteiger charge is 2.17. The smallest absolute Gasteiger partial charge is 0.107 e. The van der Waals surface area contributed by atoms with E-state index in [1.54, 1.807) is 11.3 Å². The first-order valence-electron chi connectivity index (χ1n) is 5.49. The number of nitrogens with one attached hydrogen (secondary N) is 1. The van der Waals surface area contributed by atoms with Crippen LogP contribution in [0.3, 0.4) is 0 Å². The lowest BCUT2D eigenvalue weighted by Crippen LogP contribution is -2.07. The summed E-state index contributed by atoms with van der Waals surface area (Å²) in [5.74, 6) is 0.755. The van der Waals surface area contributed by atoms with E-state index in [1.807, 2.05) is 7.05 Å². The van der Waals surface area contributed by atoms with Gasteiger partial charge in [-0.25, -0.2) is 4.98 Å². The van der Waals surface area contributed by atoms with Crippen LogP contribution in [0.25, 0.3) is 0 Å². The second-order valence-electron chi connectivity index (χ2n) is 4.03. The van der Waals surface area contributed by atoms with E-state index in [0.29, 0.717) is 0 Å². The Morgan fingerprint density at radius 1 is 1.43 bits per heavy atom. The van der Waals surface area contributed by atoms with Crippen molar-refractivity contribution in [2.45, 2.75) is 44.6 Å². The lowest BCUT2D eigenvalue weighted by molar-refractivity contribution is 0.437. The summed E-state index contributed by atoms with van der Waals surface area (Å²) in [6, 6.07) is 0. The van der Waals surface area contributed by atoms with Crippen molar-refractivity contribution in [3.8, 4) is 0 Å². The maximum atomic E-state index is 4.68. The fourth-order valence-electron chi connectivity index (χ4n) is 2.14. The van der Waals surface area contributed by atoms with Crippen LogP contribution < -0.4 is 5.32 Å². The van der Waals surface area contributed by atoms with Gasteiger partial charge in [-0.05, 0) is 19.9 Å². The van der Waals surface area contributed by atoms with Crippen LogP contribution in [0.4, 0.5) is 0 Å². The highest BCUT2D eigenvalue weighted by Crippen LogP contribution is 2.32. The molecule has 1 aliphatic carbocycles. The predicted octanol–water partition coefficient (Wildman–Crippen LogP) is 2.91. The van der Waals surface area contributed by atoms with Crippen molar-refractivity contribution in [3.63, 3.8) is 0 Å². The minimum atomic E-state index is 0.755. The van der Waals surface area contributed by atoms with Crippen LogP contribution >= 0.6 is 11.3 Å². The zero-order valence-corrected chi connectivity index (χ0v) is 9.57. The Labute approximate surface area is 89.8 Å². The van der Waals surface area contributed by atoms with E-state index in [0.717, 1.165) is 12.5 Å². The number of thiazole rings is 1. The summed E-state index contributed by atoms with van der Waals surface area (Å²) in [6.45, 7) is 0.914. The van der Waals surface area contributed by atoms with Crippen LogP contribution in [0, 0.1) is 0 Å². The summed E-state index contributed by atoms with van der Waals surface area (Å²) in [6.07, 6.45) is 6.91. The Hall–Kier alpha value is -0.410. The average molecular weight is 210 g/mol. The fraction of sp³-hybridized carbons (Fsp3) is 0.727. The Kier molecular flexibility index (Phi) is 3.54. The van der Waals surface area contributed by atoms with Crippen LogP contribution in [0.2, 0.25) is 0 Å². The molecule has 2 rings (SSSR count). The van der Waals surface area contributed by atoms with E-state index in [-0.39, 0.29) is 0 Å². The third kappa shape index (κ3) is 2.34.